The van der Waals surface area contributed by atoms with E-state index in [0.717, 1.165) is 36.9 Å². The van der Waals surface area contributed by atoms with Crippen molar-refractivity contribution in [2.24, 2.45) is 11.1 Å². The lowest BCUT2D eigenvalue weighted by Crippen LogP contribution is -2.52. The van der Waals surface area contributed by atoms with Crippen LogP contribution < -0.4 is 11.1 Å². The largest absolute Gasteiger partial charge is 0.334 e. The van der Waals surface area contributed by atoms with Crippen molar-refractivity contribution in [2.45, 2.75) is 97.7 Å². The Bertz CT molecular complexity index is 1020. The van der Waals surface area contributed by atoms with E-state index in [1.807, 2.05) is 53.4 Å². The molecule has 190 valence electrons. The monoisotopic (exact) mass is 477 g/mol. The van der Waals surface area contributed by atoms with Gasteiger partial charge in [0.25, 0.3) is 5.91 Å². The Morgan fingerprint density at radius 3 is 2.23 bits per heavy atom. The summed E-state index contributed by atoms with van der Waals surface area (Å²) in [5.41, 5.74) is 9.97. The van der Waals surface area contributed by atoms with Crippen molar-refractivity contribution < 1.29 is 9.59 Å². The smallest absolute Gasteiger partial charge is 0.255 e. The number of carbonyl (C=O) groups is 2. The number of rotatable bonds is 6. The SMILES string of the molecule is CC(C)(C)CC(=O)N(Cc1cccc(NC(=O)c2ccc(C(C)(C)C)cc2)c1)C1CCCCC1N. The third kappa shape index (κ3) is 7.66. The van der Waals surface area contributed by atoms with E-state index in [2.05, 4.69) is 46.9 Å². The second-order valence-electron chi connectivity index (χ2n) is 12.3. The van der Waals surface area contributed by atoms with Crippen LogP contribution in [-0.4, -0.2) is 28.8 Å². The van der Waals surface area contributed by atoms with Crippen LogP contribution >= 0.6 is 0 Å². The van der Waals surface area contributed by atoms with Gasteiger partial charge in [-0.25, -0.2) is 0 Å². The van der Waals surface area contributed by atoms with E-state index < -0.39 is 0 Å². The second kappa shape index (κ2) is 10.9. The van der Waals surface area contributed by atoms with Crippen LogP contribution in [0.3, 0.4) is 0 Å². The summed E-state index contributed by atoms with van der Waals surface area (Å²) >= 11 is 0. The number of carbonyl (C=O) groups excluding carboxylic acids is 2. The molecular weight excluding hydrogens is 434 g/mol. The van der Waals surface area contributed by atoms with Crippen LogP contribution in [0.4, 0.5) is 5.69 Å². The van der Waals surface area contributed by atoms with Gasteiger partial charge < -0.3 is 16.0 Å². The molecule has 1 aliphatic rings. The topological polar surface area (TPSA) is 75.4 Å². The average Bonchev–Trinajstić information content (AvgIpc) is 2.76. The zero-order valence-electron chi connectivity index (χ0n) is 22.4. The van der Waals surface area contributed by atoms with Gasteiger partial charge in [0, 0.05) is 36.3 Å². The fourth-order valence-corrected chi connectivity index (χ4v) is 4.74. The van der Waals surface area contributed by atoms with Crippen molar-refractivity contribution in [3.63, 3.8) is 0 Å². The molecule has 5 heteroatoms. The van der Waals surface area contributed by atoms with E-state index in [4.69, 9.17) is 5.73 Å². The minimum absolute atomic E-state index is 0.00613. The number of nitrogens with one attached hydrogen (secondary N) is 1. The van der Waals surface area contributed by atoms with Crippen molar-refractivity contribution in [2.75, 3.05) is 5.32 Å². The van der Waals surface area contributed by atoms with Crippen LogP contribution in [0.25, 0.3) is 0 Å². The van der Waals surface area contributed by atoms with Crippen LogP contribution in [0.2, 0.25) is 0 Å². The fourth-order valence-electron chi connectivity index (χ4n) is 4.74. The third-order valence-electron chi connectivity index (χ3n) is 6.73. The molecule has 0 aromatic heterocycles. The summed E-state index contributed by atoms with van der Waals surface area (Å²) in [5.74, 6) is 0.00537. The molecular formula is C30H43N3O2. The van der Waals surface area contributed by atoms with Gasteiger partial charge in [-0.3, -0.25) is 9.59 Å². The molecule has 1 saturated carbocycles. The Morgan fingerprint density at radius 2 is 1.63 bits per heavy atom. The third-order valence-corrected chi connectivity index (χ3v) is 6.73. The van der Waals surface area contributed by atoms with Gasteiger partial charge in [-0.1, -0.05) is 78.6 Å². The molecule has 2 unspecified atom stereocenters. The van der Waals surface area contributed by atoms with Crippen LogP contribution in [-0.2, 0) is 16.8 Å². The molecule has 0 heterocycles. The molecule has 2 aromatic carbocycles. The zero-order valence-corrected chi connectivity index (χ0v) is 22.4. The molecule has 0 spiro atoms. The van der Waals surface area contributed by atoms with Gasteiger partial charge in [-0.2, -0.15) is 0 Å². The predicted octanol–water partition coefficient (Wildman–Crippen LogP) is 6.27. The maximum atomic E-state index is 13.4. The highest BCUT2D eigenvalue weighted by Crippen LogP contribution is 2.28. The van der Waals surface area contributed by atoms with Crippen molar-refractivity contribution in [1.82, 2.24) is 4.90 Å². The van der Waals surface area contributed by atoms with Crippen molar-refractivity contribution in [3.8, 4) is 0 Å². The highest BCUT2D eigenvalue weighted by molar-refractivity contribution is 6.04. The Balaban J connectivity index is 1.76. The van der Waals surface area contributed by atoms with E-state index in [1.54, 1.807) is 0 Å². The van der Waals surface area contributed by atoms with Gasteiger partial charge in [0.15, 0.2) is 0 Å². The molecule has 0 saturated heterocycles. The summed E-state index contributed by atoms with van der Waals surface area (Å²) in [6.45, 7) is 13.2. The first-order chi connectivity index (χ1) is 16.3. The molecule has 3 rings (SSSR count). The molecule has 1 aliphatic carbocycles. The zero-order chi connectivity index (χ0) is 25.8. The minimum Gasteiger partial charge on any atom is -0.334 e. The van der Waals surface area contributed by atoms with Gasteiger partial charge in [0.2, 0.25) is 5.91 Å². The molecule has 3 N–H and O–H groups in total. The predicted molar refractivity (Wildman–Crippen MR) is 144 cm³/mol. The highest BCUT2D eigenvalue weighted by Gasteiger charge is 2.32. The van der Waals surface area contributed by atoms with Crippen molar-refractivity contribution in [1.29, 1.82) is 0 Å². The number of hydrogen-bond donors (Lipinski definition) is 2. The Hall–Kier alpha value is -2.66. The van der Waals surface area contributed by atoms with Crippen molar-refractivity contribution in [3.05, 3.63) is 65.2 Å². The number of hydrogen-bond acceptors (Lipinski definition) is 3. The van der Waals surface area contributed by atoms with Crippen molar-refractivity contribution >= 4 is 17.5 Å². The van der Waals surface area contributed by atoms with Crippen LogP contribution in [0, 0.1) is 5.41 Å². The lowest BCUT2D eigenvalue weighted by Gasteiger charge is -2.39. The number of nitrogens with zero attached hydrogens (tertiary/aromatic N) is 1. The average molecular weight is 478 g/mol. The molecule has 0 aliphatic heterocycles. The van der Waals surface area contributed by atoms with Gasteiger partial charge in [0.05, 0.1) is 0 Å². The molecule has 35 heavy (non-hydrogen) atoms. The van der Waals surface area contributed by atoms with E-state index in [-0.39, 0.29) is 34.7 Å². The maximum Gasteiger partial charge on any atom is 0.255 e. The quantitative estimate of drug-likeness (QED) is 0.515. The van der Waals surface area contributed by atoms with Gasteiger partial charge >= 0.3 is 0 Å². The molecule has 0 radical (unpaired) electrons. The second-order valence-corrected chi connectivity index (χ2v) is 12.3. The fraction of sp³-hybridized carbons (Fsp3) is 0.533. The summed E-state index contributed by atoms with van der Waals surface area (Å²) in [5, 5.41) is 3.02. The van der Waals surface area contributed by atoms with Crippen LogP contribution in [0.15, 0.2) is 48.5 Å². The lowest BCUT2D eigenvalue weighted by atomic mass is 9.86. The van der Waals surface area contributed by atoms with Crippen LogP contribution in [0.5, 0.6) is 0 Å². The molecule has 5 nitrogen and oxygen atoms in total. The number of amides is 2. The van der Waals surface area contributed by atoms with E-state index >= 15 is 0 Å². The van der Waals surface area contributed by atoms with E-state index in [1.165, 1.54) is 5.56 Å². The van der Waals surface area contributed by atoms with E-state index in [0.29, 0.717) is 18.5 Å². The molecule has 1 fully saturated rings. The Kier molecular flexibility index (Phi) is 8.42. The number of benzene rings is 2. The molecule has 0 bridgehead atoms. The molecule has 2 atom stereocenters. The summed E-state index contributed by atoms with van der Waals surface area (Å²) in [4.78, 5) is 28.2. The summed E-state index contributed by atoms with van der Waals surface area (Å²) in [7, 11) is 0. The standard InChI is InChI=1S/C30H43N3O2/c1-29(2,3)19-27(34)33(26-13-8-7-12-25(26)31)20-21-10-9-11-24(18-21)32-28(35)22-14-16-23(17-15-22)30(4,5)6/h9-11,14-18,25-26H,7-8,12-13,19-20,31H2,1-6H3,(H,32,35). The summed E-state index contributed by atoms with van der Waals surface area (Å²) in [6, 6.07) is 15.6. The maximum absolute atomic E-state index is 13.4. The first-order valence-corrected chi connectivity index (χ1v) is 12.9. The normalized spacial score (nSPS) is 18.7. The van der Waals surface area contributed by atoms with Gasteiger partial charge in [-0.05, 0) is 59.1 Å². The van der Waals surface area contributed by atoms with Gasteiger partial charge in [-0.15, -0.1) is 0 Å². The van der Waals surface area contributed by atoms with Crippen LogP contribution in [0.1, 0.15) is 95.1 Å². The van der Waals surface area contributed by atoms with E-state index in [9.17, 15) is 9.59 Å². The number of nitrogens with two attached hydrogens (primary N) is 1. The minimum atomic E-state index is -0.141. The lowest BCUT2D eigenvalue weighted by molar-refractivity contribution is -0.137. The molecule has 2 amide bonds. The molecule has 2 aromatic rings. The Labute approximate surface area is 211 Å². The number of anilines is 1. The first kappa shape index (κ1) is 26.9. The summed E-state index contributed by atoms with van der Waals surface area (Å²) < 4.78 is 0. The first-order valence-electron chi connectivity index (χ1n) is 12.9. The van der Waals surface area contributed by atoms with Gasteiger partial charge in [0.1, 0.15) is 0 Å². The summed E-state index contributed by atoms with van der Waals surface area (Å²) in [6.07, 6.45) is 4.60. The highest BCUT2D eigenvalue weighted by atomic mass is 16.2. The Morgan fingerprint density at radius 1 is 0.971 bits per heavy atom.